The van der Waals surface area contributed by atoms with Crippen molar-refractivity contribution in [3.63, 3.8) is 0 Å². The molecule has 1 N–H and O–H groups in total. The summed E-state index contributed by atoms with van der Waals surface area (Å²) in [5.74, 6) is 0.686. The van der Waals surface area contributed by atoms with Crippen molar-refractivity contribution in [2.45, 2.75) is 33.4 Å². The van der Waals surface area contributed by atoms with E-state index in [0.29, 0.717) is 12.4 Å². The predicted octanol–water partition coefficient (Wildman–Crippen LogP) is 2.41. The molecule has 0 spiro atoms. The summed E-state index contributed by atoms with van der Waals surface area (Å²) in [4.78, 5) is 23.6. The molecule has 0 aliphatic carbocycles. The van der Waals surface area contributed by atoms with E-state index in [0.717, 1.165) is 41.3 Å². The normalized spacial score (nSPS) is 14.7. The van der Waals surface area contributed by atoms with Gasteiger partial charge >= 0.3 is 0 Å². The molecule has 3 aromatic heterocycles. The number of aryl methyl sites for hydroxylation is 2. The van der Waals surface area contributed by atoms with E-state index < -0.39 is 0 Å². The van der Waals surface area contributed by atoms with Crippen LogP contribution in [0.1, 0.15) is 28.2 Å². The maximum absolute atomic E-state index is 12.6. The van der Waals surface area contributed by atoms with Crippen molar-refractivity contribution in [1.29, 1.82) is 0 Å². The third-order valence-corrected chi connectivity index (χ3v) is 5.82. The molecule has 4 rings (SSSR count). The van der Waals surface area contributed by atoms with Crippen molar-refractivity contribution < 1.29 is 0 Å². The molecule has 0 radical (unpaired) electrons. The first-order valence-corrected chi connectivity index (χ1v) is 9.28. The summed E-state index contributed by atoms with van der Waals surface area (Å²) < 4.78 is 1.92. The summed E-state index contributed by atoms with van der Waals surface area (Å²) in [5, 5.41) is 6.48. The van der Waals surface area contributed by atoms with Gasteiger partial charge in [0.25, 0.3) is 5.56 Å². The van der Waals surface area contributed by atoms with Crippen LogP contribution in [-0.2, 0) is 26.6 Å². The lowest BCUT2D eigenvalue weighted by Gasteiger charge is -2.27. The Morgan fingerprint density at radius 2 is 2.20 bits per heavy atom. The average Bonchev–Trinajstić information content (AvgIpc) is 3.20. The zero-order valence-corrected chi connectivity index (χ0v) is 15.5. The summed E-state index contributed by atoms with van der Waals surface area (Å²) in [7, 11) is 1.97. The Kier molecular flexibility index (Phi) is 4.05. The van der Waals surface area contributed by atoms with Crippen molar-refractivity contribution in [2.75, 3.05) is 6.54 Å². The van der Waals surface area contributed by atoms with Crippen molar-refractivity contribution in [3.05, 3.63) is 56.1 Å². The van der Waals surface area contributed by atoms with Crippen LogP contribution in [0.3, 0.4) is 0 Å². The highest BCUT2D eigenvalue weighted by molar-refractivity contribution is 7.13. The van der Waals surface area contributed by atoms with E-state index in [1.807, 2.05) is 36.2 Å². The molecule has 4 heterocycles. The number of hydrogen-bond acceptors (Lipinski definition) is 5. The summed E-state index contributed by atoms with van der Waals surface area (Å²) in [5.41, 5.74) is 5.21. The van der Waals surface area contributed by atoms with Gasteiger partial charge in [0, 0.05) is 44.4 Å². The van der Waals surface area contributed by atoms with Gasteiger partial charge in [0.2, 0.25) is 0 Å². The summed E-state index contributed by atoms with van der Waals surface area (Å²) in [6.45, 7) is 6.49. The minimum absolute atomic E-state index is 0.0160. The SMILES string of the molecule is Cc1nn(C)c(C)c1CN1CCc2nc(-c3cccs3)[nH]c(=O)c2C1. The zero-order chi connectivity index (χ0) is 17.6. The van der Waals surface area contributed by atoms with Crippen LogP contribution >= 0.6 is 11.3 Å². The van der Waals surface area contributed by atoms with Crippen molar-refractivity contribution in [2.24, 2.45) is 7.05 Å². The summed E-state index contributed by atoms with van der Waals surface area (Å²) in [6, 6.07) is 3.96. The fourth-order valence-electron chi connectivity index (χ4n) is 3.42. The maximum Gasteiger partial charge on any atom is 0.255 e. The van der Waals surface area contributed by atoms with E-state index in [1.54, 1.807) is 11.3 Å². The Morgan fingerprint density at radius 1 is 1.36 bits per heavy atom. The quantitative estimate of drug-likeness (QED) is 0.783. The van der Waals surface area contributed by atoms with Crippen LogP contribution in [0.2, 0.25) is 0 Å². The third kappa shape index (κ3) is 2.94. The molecule has 0 atom stereocenters. The number of fused-ring (bicyclic) bond motifs is 1. The smallest absolute Gasteiger partial charge is 0.255 e. The fraction of sp³-hybridized carbons (Fsp3) is 0.389. The van der Waals surface area contributed by atoms with Crippen LogP contribution in [0.5, 0.6) is 0 Å². The lowest BCUT2D eigenvalue weighted by Crippen LogP contribution is -2.35. The summed E-state index contributed by atoms with van der Waals surface area (Å²) in [6.07, 6.45) is 0.802. The highest BCUT2D eigenvalue weighted by Gasteiger charge is 2.23. The van der Waals surface area contributed by atoms with Gasteiger partial charge in [-0.2, -0.15) is 5.10 Å². The van der Waals surface area contributed by atoms with Crippen LogP contribution < -0.4 is 5.56 Å². The Labute approximate surface area is 150 Å². The van der Waals surface area contributed by atoms with E-state index in [4.69, 9.17) is 4.98 Å². The second-order valence-electron chi connectivity index (χ2n) is 6.55. The molecule has 0 bridgehead atoms. The molecule has 0 unspecified atom stereocenters. The number of rotatable bonds is 3. The van der Waals surface area contributed by atoms with Crippen LogP contribution in [0.4, 0.5) is 0 Å². The number of aromatic nitrogens is 4. The van der Waals surface area contributed by atoms with Crippen molar-refractivity contribution in [1.82, 2.24) is 24.6 Å². The van der Waals surface area contributed by atoms with Gasteiger partial charge in [-0.15, -0.1) is 11.3 Å². The first-order valence-electron chi connectivity index (χ1n) is 8.40. The van der Waals surface area contributed by atoms with Crippen LogP contribution in [0.15, 0.2) is 22.3 Å². The Balaban J connectivity index is 1.60. The second kappa shape index (κ2) is 6.24. The zero-order valence-electron chi connectivity index (χ0n) is 14.7. The van der Waals surface area contributed by atoms with Gasteiger partial charge in [-0.3, -0.25) is 14.4 Å². The third-order valence-electron chi connectivity index (χ3n) is 4.94. The molecule has 1 aliphatic heterocycles. The molecule has 0 saturated carbocycles. The van der Waals surface area contributed by atoms with E-state index >= 15 is 0 Å². The lowest BCUT2D eigenvalue weighted by molar-refractivity contribution is 0.241. The minimum atomic E-state index is -0.0160. The standard InChI is InChI=1S/C18H21N5OS/c1-11-13(12(2)22(3)21-11)9-23-7-6-15-14(10-23)18(24)20-17(19-15)16-5-4-8-25-16/h4-5,8H,6-7,9-10H2,1-3H3,(H,19,20,24). The van der Waals surface area contributed by atoms with Crippen molar-refractivity contribution in [3.8, 4) is 10.7 Å². The van der Waals surface area contributed by atoms with Crippen LogP contribution in [0.25, 0.3) is 10.7 Å². The largest absolute Gasteiger partial charge is 0.306 e. The van der Waals surface area contributed by atoms with E-state index in [2.05, 4.69) is 21.9 Å². The van der Waals surface area contributed by atoms with Gasteiger partial charge in [0.1, 0.15) is 0 Å². The molecular formula is C18H21N5OS. The number of nitrogens with one attached hydrogen (secondary N) is 1. The van der Waals surface area contributed by atoms with Gasteiger partial charge in [-0.05, 0) is 25.3 Å². The van der Waals surface area contributed by atoms with E-state index in [9.17, 15) is 4.79 Å². The number of H-pyrrole nitrogens is 1. The molecule has 3 aromatic rings. The maximum atomic E-state index is 12.6. The van der Waals surface area contributed by atoms with Gasteiger partial charge in [0.05, 0.1) is 21.8 Å². The molecule has 0 saturated heterocycles. The Morgan fingerprint density at radius 3 is 2.88 bits per heavy atom. The monoisotopic (exact) mass is 355 g/mol. The number of thiophene rings is 1. The number of nitrogens with zero attached hydrogens (tertiary/aromatic N) is 4. The molecule has 130 valence electrons. The number of aromatic amines is 1. The molecule has 0 aromatic carbocycles. The molecule has 1 aliphatic rings. The highest BCUT2D eigenvalue weighted by Crippen LogP contribution is 2.24. The molecule has 0 amide bonds. The average molecular weight is 355 g/mol. The van der Waals surface area contributed by atoms with Crippen LogP contribution in [0, 0.1) is 13.8 Å². The first-order chi connectivity index (χ1) is 12.0. The molecular weight excluding hydrogens is 334 g/mol. The Bertz CT molecular complexity index is 970. The highest BCUT2D eigenvalue weighted by atomic mass is 32.1. The second-order valence-corrected chi connectivity index (χ2v) is 7.50. The van der Waals surface area contributed by atoms with E-state index in [-0.39, 0.29) is 5.56 Å². The van der Waals surface area contributed by atoms with E-state index in [1.165, 1.54) is 11.3 Å². The van der Waals surface area contributed by atoms with Crippen molar-refractivity contribution >= 4 is 11.3 Å². The molecule has 0 fully saturated rings. The van der Waals surface area contributed by atoms with Gasteiger partial charge in [-0.25, -0.2) is 4.98 Å². The topological polar surface area (TPSA) is 66.8 Å². The lowest BCUT2D eigenvalue weighted by atomic mass is 10.1. The number of hydrogen-bond donors (Lipinski definition) is 1. The minimum Gasteiger partial charge on any atom is -0.306 e. The molecule has 25 heavy (non-hydrogen) atoms. The fourth-order valence-corrected chi connectivity index (χ4v) is 4.08. The van der Waals surface area contributed by atoms with Gasteiger partial charge < -0.3 is 4.98 Å². The molecule has 6 nitrogen and oxygen atoms in total. The molecule has 7 heteroatoms. The van der Waals surface area contributed by atoms with Crippen LogP contribution in [-0.4, -0.2) is 31.2 Å². The van der Waals surface area contributed by atoms with Gasteiger partial charge in [0.15, 0.2) is 5.82 Å². The predicted molar refractivity (Wildman–Crippen MR) is 98.7 cm³/mol. The first kappa shape index (κ1) is 16.2. The van der Waals surface area contributed by atoms with Gasteiger partial charge in [-0.1, -0.05) is 6.07 Å². The summed E-state index contributed by atoms with van der Waals surface area (Å²) >= 11 is 1.59. The Hall–Kier alpha value is -2.25.